The normalized spacial score (nSPS) is 11.7. The summed E-state index contributed by atoms with van der Waals surface area (Å²) in [6, 6.07) is 12.4. The zero-order valence-corrected chi connectivity index (χ0v) is 12.8. The summed E-state index contributed by atoms with van der Waals surface area (Å²) in [6.07, 6.45) is 0.148. The average molecular weight is 315 g/mol. The van der Waals surface area contributed by atoms with Crippen molar-refractivity contribution >= 4 is 11.9 Å². The molecule has 0 bridgehead atoms. The first-order valence-electron chi connectivity index (χ1n) is 7.31. The first kappa shape index (κ1) is 16.7. The van der Waals surface area contributed by atoms with E-state index in [1.54, 1.807) is 24.3 Å². The number of amides is 1. The van der Waals surface area contributed by atoms with Crippen molar-refractivity contribution in [1.29, 1.82) is 0 Å². The van der Waals surface area contributed by atoms with E-state index in [0.29, 0.717) is 11.1 Å². The van der Waals surface area contributed by atoms with Gasteiger partial charge in [-0.3, -0.25) is 9.59 Å². The van der Waals surface area contributed by atoms with E-state index in [9.17, 15) is 14.0 Å². The summed E-state index contributed by atoms with van der Waals surface area (Å²) < 4.78 is 13.1. The molecule has 2 aromatic carbocycles. The van der Waals surface area contributed by atoms with Gasteiger partial charge >= 0.3 is 5.97 Å². The molecule has 0 aliphatic carbocycles. The summed E-state index contributed by atoms with van der Waals surface area (Å²) in [5, 5.41) is 11.7. The van der Waals surface area contributed by atoms with Gasteiger partial charge in [0.15, 0.2) is 0 Å². The van der Waals surface area contributed by atoms with Crippen molar-refractivity contribution in [3.05, 3.63) is 71.0 Å². The highest BCUT2D eigenvalue weighted by Gasteiger charge is 2.18. The molecule has 1 unspecified atom stereocenters. The van der Waals surface area contributed by atoms with Gasteiger partial charge in [0.1, 0.15) is 5.82 Å². The van der Waals surface area contributed by atoms with E-state index in [0.717, 1.165) is 5.56 Å². The number of rotatable bonds is 6. The van der Waals surface area contributed by atoms with Gasteiger partial charge in [-0.25, -0.2) is 4.39 Å². The third-order valence-corrected chi connectivity index (χ3v) is 3.61. The molecule has 2 N–H and O–H groups in total. The number of benzene rings is 2. The Balaban J connectivity index is 2.20. The van der Waals surface area contributed by atoms with Gasteiger partial charge in [0.2, 0.25) is 0 Å². The lowest BCUT2D eigenvalue weighted by Crippen LogP contribution is -2.29. The Bertz CT molecular complexity index is 698. The van der Waals surface area contributed by atoms with Crippen LogP contribution >= 0.6 is 0 Å². The predicted molar refractivity (Wildman–Crippen MR) is 84.7 cm³/mol. The van der Waals surface area contributed by atoms with Crippen LogP contribution in [0.1, 0.15) is 40.4 Å². The van der Waals surface area contributed by atoms with Crippen molar-refractivity contribution in [3.63, 3.8) is 0 Å². The van der Waals surface area contributed by atoms with Crippen LogP contribution in [0.15, 0.2) is 48.5 Å². The third kappa shape index (κ3) is 4.64. The summed E-state index contributed by atoms with van der Waals surface area (Å²) in [5.41, 5.74) is 2.05. The molecule has 0 heterocycles. The van der Waals surface area contributed by atoms with Crippen LogP contribution in [0, 0.1) is 12.7 Å². The van der Waals surface area contributed by atoms with Crippen molar-refractivity contribution in [1.82, 2.24) is 5.32 Å². The minimum atomic E-state index is -0.942. The molecule has 23 heavy (non-hydrogen) atoms. The lowest BCUT2D eigenvalue weighted by Gasteiger charge is -2.19. The Kier molecular flexibility index (Phi) is 5.46. The Morgan fingerprint density at radius 3 is 2.39 bits per heavy atom. The molecule has 4 nitrogen and oxygen atoms in total. The average Bonchev–Trinajstić information content (AvgIpc) is 2.52. The quantitative estimate of drug-likeness (QED) is 0.858. The van der Waals surface area contributed by atoms with E-state index in [-0.39, 0.29) is 24.6 Å². The standard InChI is InChI=1S/C18H18FNO3/c1-12-4-2-3-5-15(12)18(23)20-16(10-11-17(21)22)13-6-8-14(19)9-7-13/h2-9,16H,10-11H2,1H3,(H,20,23)(H,21,22). The maximum Gasteiger partial charge on any atom is 0.303 e. The fraction of sp³-hybridized carbons (Fsp3) is 0.222. The van der Waals surface area contributed by atoms with Gasteiger partial charge in [-0.1, -0.05) is 30.3 Å². The Morgan fingerprint density at radius 1 is 1.13 bits per heavy atom. The van der Waals surface area contributed by atoms with Crippen LogP contribution in [0.2, 0.25) is 0 Å². The molecular weight excluding hydrogens is 297 g/mol. The number of halogens is 1. The van der Waals surface area contributed by atoms with Crippen LogP contribution < -0.4 is 5.32 Å². The van der Waals surface area contributed by atoms with Crippen molar-refractivity contribution in [3.8, 4) is 0 Å². The molecule has 0 spiro atoms. The summed E-state index contributed by atoms with van der Waals surface area (Å²) in [4.78, 5) is 23.3. The van der Waals surface area contributed by atoms with E-state index < -0.39 is 12.0 Å². The maximum absolute atomic E-state index is 13.1. The van der Waals surface area contributed by atoms with Crippen LogP contribution in [0.3, 0.4) is 0 Å². The molecule has 120 valence electrons. The van der Waals surface area contributed by atoms with Gasteiger partial charge in [-0.15, -0.1) is 0 Å². The monoisotopic (exact) mass is 315 g/mol. The van der Waals surface area contributed by atoms with Crippen LogP contribution in [0.4, 0.5) is 4.39 Å². The van der Waals surface area contributed by atoms with Crippen molar-refractivity contribution in [2.45, 2.75) is 25.8 Å². The summed E-state index contributed by atoms with van der Waals surface area (Å²) in [7, 11) is 0. The van der Waals surface area contributed by atoms with E-state index in [1.165, 1.54) is 12.1 Å². The Hall–Kier alpha value is -2.69. The second-order valence-corrected chi connectivity index (χ2v) is 5.32. The molecule has 1 amide bonds. The fourth-order valence-electron chi connectivity index (χ4n) is 2.35. The molecule has 0 fully saturated rings. The van der Waals surface area contributed by atoms with Crippen LogP contribution in [-0.2, 0) is 4.79 Å². The molecule has 1 atom stereocenters. The number of carboxylic acids is 1. The number of carbonyl (C=O) groups excluding carboxylic acids is 1. The molecule has 5 heteroatoms. The molecule has 0 aliphatic heterocycles. The van der Waals surface area contributed by atoms with Gasteiger partial charge < -0.3 is 10.4 Å². The minimum Gasteiger partial charge on any atom is -0.481 e. The van der Waals surface area contributed by atoms with Crippen LogP contribution in [0.25, 0.3) is 0 Å². The maximum atomic E-state index is 13.1. The van der Waals surface area contributed by atoms with E-state index in [2.05, 4.69) is 5.32 Å². The second kappa shape index (κ2) is 7.54. The highest BCUT2D eigenvalue weighted by molar-refractivity contribution is 5.95. The van der Waals surface area contributed by atoms with E-state index in [1.807, 2.05) is 19.1 Å². The van der Waals surface area contributed by atoms with Crippen LogP contribution in [0.5, 0.6) is 0 Å². The molecule has 2 aromatic rings. The first-order chi connectivity index (χ1) is 11.0. The summed E-state index contributed by atoms with van der Waals surface area (Å²) >= 11 is 0. The zero-order valence-electron chi connectivity index (χ0n) is 12.8. The second-order valence-electron chi connectivity index (χ2n) is 5.32. The topological polar surface area (TPSA) is 66.4 Å². The molecule has 0 saturated carbocycles. The molecule has 2 rings (SSSR count). The van der Waals surface area contributed by atoms with Gasteiger partial charge in [0.25, 0.3) is 5.91 Å². The van der Waals surface area contributed by atoms with Crippen molar-refractivity contribution in [2.24, 2.45) is 0 Å². The SMILES string of the molecule is Cc1ccccc1C(=O)NC(CCC(=O)O)c1ccc(F)cc1. The highest BCUT2D eigenvalue weighted by atomic mass is 19.1. The first-order valence-corrected chi connectivity index (χ1v) is 7.31. The number of nitrogens with one attached hydrogen (secondary N) is 1. The van der Waals surface area contributed by atoms with Crippen LogP contribution in [-0.4, -0.2) is 17.0 Å². The Labute approximate surface area is 134 Å². The van der Waals surface area contributed by atoms with Gasteiger partial charge in [-0.05, 0) is 42.7 Å². The number of carbonyl (C=O) groups is 2. The number of hydrogen-bond donors (Lipinski definition) is 2. The lowest BCUT2D eigenvalue weighted by atomic mass is 10.0. The number of aliphatic carboxylic acids is 1. The summed E-state index contributed by atoms with van der Waals surface area (Å²) in [5.74, 6) is -1.60. The smallest absolute Gasteiger partial charge is 0.303 e. The van der Waals surface area contributed by atoms with Gasteiger partial charge in [-0.2, -0.15) is 0 Å². The number of hydrogen-bond acceptors (Lipinski definition) is 2. The number of aryl methyl sites for hydroxylation is 1. The highest BCUT2D eigenvalue weighted by Crippen LogP contribution is 2.20. The Morgan fingerprint density at radius 2 is 1.78 bits per heavy atom. The fourth-order valence-corrected chi connectivity index (χ4v) is 2.35. The largest absolute Gasteiger partial charge is 0.481 e. The van der Waals surface area contributed by atoms with E-state index >= 15 is 0 Å². The minimum absolute atomic E-state index is 0.0872. The third-order valence-electron chi connectivity index (χ3n) is 3.61. The predicted octanol–water partition coefficient (Wildman–Crippen LogP) is 3.47. The molecule has 0 saturated heterocycles. The zero-order chi connectivity index (χ0) is 16.8. The molecular formula is C18H18FNO3. The number of carboxylic acid groups (broad SMARTS) is 1. The van der Waals surface area contributed by atoms with E-state index in [4.69, 9.17) is 5.11 Å². The lowest BCUT2D eigenvalue weighted by molar-refractivity contribution is -0.137. The van der Waals surface area contributed by atoms with Crippen molar-refractivity contribution in [2.75, 3.05) is 0 Å². The molecule has 0 aromatic heterocycles. The van der Waals surface area contributed by atoms with Gasteiger partial charge in [0.05, 0.1) is 6.04 Å². The summed E-state index contributed by atoms with van der Waals surface area (Å²) in [6.45, 7) is 1.83. The molecule has 0 radical (unpaired) electrons. The van der Waals surface area contributed by atoms with Crippen molar-refractivity contribution < 1.29 is 19.1 Å². The molecule has 0 aliphatic rings. The van der Waals surface area contributed by atoms with Gasteiger partial charge in [0, 0.05) is 12.0 Å².